The van der Waals surface area contributed by atoms with Gasteiger partial charge < -0.3 is 10.1 Å². The number of aryl methyl sites for hydroxylation is 1. The second-order valence-corrected chi connectivity index (χ2v) is 7.36. The van der Waals surface area contributed by atoms with Crippen molar-refractivity contribution in [3.05, 3.63) is 90.0 Å². The van der Waals surface area contributed by atoms with E-state index >= 15 is 0 Å². The summed E-state index contributed by atoms with van der Waals surface area (Å²) in [5, 5.41) is 2.91. The SMILES string of the molecule is Cc1ccccc1O[C@H](C)C(=O)Nc1ccc(CSc2ccccc2)cc1. The fraction of sp³-hybridized carbons (Fsp3) is 0.174. The van der Waals surface area contributed by atoms with Crippen molar-refractivity contribution in [2.45, 2.75) is 30.6 Å². The van der Waals surface area contributed by atoms with Gasteiger partial charge in [-0.1, -0.05) is 48.5 Å². The Hall–Kier alpha value is -2.72. The molecule has 0 spiro atoms. The van der Waals surface area contributed by atoms with Crippen molar-refractivity contribution in [1.29, 1.82) is 0 Å². The van der Waals surface area contributed by atoms with Gasteiger partial charge in [0.1, 0.15) is 5.75 Å². The van der Waals surface area contributed by atoms with Crippen LogP contribution >= 0.6 is 11.8 Å². The lowest BCUT2D eigenvalue weighted by atomic mass is 10.2. The lowest BCUT2D eigenvalue weighted by Gasteiger charge is -2.16. The summed E-state index contributed by atoms with van der Waals surface area (Å²) in [6, 6.07) is 25.9. The van der Waals surface area contributed by atoms with Gasteiger partial charge in [0.2, 0.25) is 0 Å². The van der Waals surface area contributed by atoms with Gasteiger partial charge in [0.05, 0.1) is 0 Å². The Morgan fingerprint density at radius 3 is 2.33 bits per heavy atom. The van der Waals surface area contributed by atoms with Crippen molar-refractivity contribution in [2.24, 2.45) is 0 Å². The van der Waals surface area contributed by atoms with E-state index in [0.717, 1.165) is 22.8 Å². The van der Waals surface area contributed by atoms with Crippen LogP contribution in [0.25, 0.3) is 0 Å². The number of carbonyl (C=O) groups is 1. The van der Waals surface area contributed by atoms with E-state index in [-0.39, 0.29) is 5.91 Å². The number of benzene rings is 3. The van der Waals surface area contributed by atoms with Crippen LogP contribution in [-0.2, 0) is 10.5 Å². The van der Waals surface area contributed by atoms with Crippen LogP contribution in [0.1, 0.15) is 18.1 Å². The Morgan fingerprint density at radius 2 is 1.63 bits per heavy atom. The molecule has 0 heterocycles. The largest absolute Gasteiger partial charge is 0.481 e. The maximum atomic E-state index is 12.4. The molecule has 1 amide bonds. The molecule has 1 atom stereocenters. The van der Waals surface area contributed by atoms with Crippen LogP contribution in [0, 0.1) is 6.92 Å². The molecular formula is C23H23NO2S. The van der Waals surface area contributed by atoms with E-state index in [0.29, 0.717) is 0 Å². The Kier molecular flexibility index (Phi) is 6.55. The molecule has 27 heavy (non-hydrogen) atoms. The molecule has 0 saturated carbocycles. The van der Waals surface area contributed by atoms with Crippen molar-refractivity contribution in [1.82, 2.24) is 0 Å². The molecular weight excluding hydrogens is 354 g/mol. The monoisotopic (exact) mass is 377 g/mol. The lowest BCUT2D eigenvalue weighted by Crippen LogP contribution is -2.30. The fourth-order valence-electron chi connectivity index (χ4n) is 2.54. The number of hydrogen-bond acceptors (Lipinski definition) is 3. The summed E-state index contributed by atoms with van der Waals surface area (Å²) in [6.45, 7) is 3.72. The molecule has 0 aliphatic carbocycles. The van der Waals surface area contributed by atoms with Crippen molar-refractivity contribution in [3.8, 4) is 5.75 Å². The van der Waals surface area contributed by atoms with Gasteiger partial charge in [-0.2, -0.15) is 0 Å². The molecule has 3 nitrogen and oxygen atoms in total. The fourth-order valence-corrected chi connectivity index (χ4v) is 3.42. The second-order valence-electron chi connectivity index (χ2n) is 6.31. The van der Waals surface area contributed by atoms with E-state index in [9.17, 15) is 4.79 Å². The topological polar surface area (TPSA) is 38.3 Å². The minimum Gasteiger partial charge on any atom is -0.481 e. The quantitative estimate of drug-likeness (QED) is 0.537. The molecule has 0 fully saturated rings. The third-order valence-corrected chi connectivity index (χ3v) is 5.22. The third-order valence-electron chi connectivity index (χ3n) is 4.14. The highest BCUT2D eigenvalue weighted by molar-refractivity contribution is 7.98. The van der Waals surface area contributed by atoms with Crippen molar-refractivity contribution in [3.63, 3.8) is 0 Å². The van der Waals surface area contributed by atoms with Gasteiger partial charge in [0, 0.05) is 16.3 Å². The molecule has 0 unspecified atom stereocenters. The molecule has 3 aromatic rings. The number of ether oxygens (including phenoxy) is 1. The van der Waals surface area contributed by atoms with Crippen molar-refractivity contribution in [2.75, 3.05) is 5.32 Å². The highest BCUT2D eigenvalue weighted by atomic mass is 32.2. The van der Waals surface area contributed by atoms with Crippen LogP contribution in [0.2, 0.25) is 0 Å². The summed E-state index contributed by atoms with van der Waals surface area (Å²) in [4.78, 5) is 13.6. The van der Waals surface area contributed by atoms with E-state index in [2.05, 4.69) is 17.4 Å². The zero-order valence-electron chi connectivity index (χ0n) is 15.5. The normalized spacial score (nSPS) is 11.6. The summed E-state index contributed by atoms with van der Waals surface area (Å²) in [6.07, 6.45) is -0.570. The minimum absolute atomic E-state index is 0.162. The lowest BCUT2D eigenvalue weighted by molar-refractivity contribution is -0.122. The van der Waals surface area contributed by atoms with Crippen molar-refractivity contribution >= 4 is 23.4 Å². The molecule has 3 aromatic carbocycles. The van der Waals surface area contributed by atoms with E-state index in [4.69, 9.17) is 4.74 Å². The van der Waals surface area contributed by atoms with Crippen LogP contribution in [0.4, 0.5) is 5.69 Å². The smallest absolute Gasteiger partial charge is 0.265 e. The molecule has 0 saturated heterocycles. The predicted octanol–water partition coefficient (Wildman–Crippen LogP) is 5.69. The van der Waals surface area contributed by atoms with E-state index in [1.165, 1.54) is 10.5 Å². The first kappa shape index (κ1) is 19.1. The summed E-state index contributed by atoms with van der Waals surface area (Å²) in [7, 11) is 0. The predicted molar refractivity (Wildman–Crippen MR) is 112 cm³/mol. The van der Waals surface area contributed by atoms with Gasteiger partial charge in [0.25, 0.3) is 5.91 Å². The number of thioether (sulfide) groups is 1. The molecule has 1 N–H and O–H groups in total. The van der Waals surface area contributed by atoms with Gasteiger partial charge in [0.15, 0.2) is 6.10 Å². The highest BCUT2D eigenvalue weighted by Gasteiger charge is 2.15. The zero-order valence-corrected chi connectivity index (χ0v) is 16.3. The molecule has 3 rings (SSSR count). The molecule has 138 valence electrons. The minimum atomic E-state index is -0.570. The zero-order chi connectivity index (χ0) is 19.1. The Labute approximate surface area is 164 Å². The molecule has 0 aliphatic heterocycles. The first-order valence-electron chi connectivity index (χ1n) is 8.92. The summed E-state index contributed by atoms with van der Waals surface area (Å²) in [5.74, 6) is 1.46. The first-order valence-corrected chi connectivity index (χ1v) is 9.90. The van der Waals surface area contributed by atoms with Crippen LogP contribution in [-0.4, -0.2) is 12.0 Å². The maximum Gasteiger partial charge on any atom is 0.265 e. The molecule has 0 aromatic heterocycles. The summed E-state index contributed by atoms with van der Waals surface area (Å²) >= 11 is 1.79. The maximum absolute atomic E-state index is 12.4. The van der Waals surface area contributed by atoms with E-state index in [1.54, 1.807) is 18.7 Å². The number of anilines is 1. The van der Waals surface area contributed by atoms with E-state index in [1.807, 2.05) is 73.7 Å². The number of hydrogen-bond donors (Lipinski definition) is 1. The van der Waals surface area contributed by atoms with Gasteiger partial charge in [-0.05, 0) is 55.3 Å². The number of amides is 1. The Bertz CT molecular complexity index is 878. The molecule has 4 heteroatoms. The number of nitrogens with one attached hydrogen (secondary N) is 1. The first-order chi connectivity index (χ1) is 13.1. The van der Waals surface area contributed by atoms with Gasteiger partial charge in [-0.25, -0.2) is 0 Å². The third kappa shape index (κ3) is 5.63. The van der Waals surface area contributed by atoms with Crippen LogP contribution in [0.5, 0.6) is 5.75 Å². The van der Waals surface area contributed by atoms with E-state index < -0.39 is 6.10 Å². The Balaban J connectivity index is 1.52. The van der Waals surface area contributed by atoms with Crippen LogP contribution in [0.3, 0.4) is 0 Å². The number of carbonyl (C=O) groups excluding carboxylic acids is 1. The van der Waals surface area contributed by atoms with Crippen LogP contribution in [0.15, 0.2) is 83.8 Å². The van der Waals surface area contributed by atoms with Crippen LogP contribution < -0.4 is 10.1 Å². The molecule has 0 radical (unpaired) electrons. The molecule has 0 bridgehead atoms. The highest BCUT2D eigenvalue weighted by Crippen LogP contribution is 2.23. The van der Waals surface area contributed by atoms with Gasteiger partial charge in [-0.3, -0.25) is 4.79 Å². The van der Waals surface area contributed by atoms with Gasteiger partial charge >= 0.3 is 0 Å². The second kappa shape index (κ2) is 9.28. The average molecular weight is 378 g/mol. The number of para-hydroxylation sites is 1. The summed E-state index contributed by atoms with van der Waals surface area (Å²) < 4.78 is 5.78. The molecule has 0 aliphatic rings. The summed E-state index contributed by atoms with van der Waals surface area (Å²) in [5.41, 5.74) is 3.00. The standard InChI is InChI=1S/C23H23NO2S/c1-17-8-6-7-11-22(17)26-18(2)23(25)24-20-14-12-19(13-15-20)16-27-21-9-4-3-5-10-21/h3-15,18H,16H2,1-2H3,(H,24,25)/t18-/m1/s1. The van der Waals surface area contributed by atoms with Gasteiger partial charge in [-0.15, -0.1) is 11.8 Å². The Morgan fingerprint density at radius 1 is 0.963 bits per heavy atom. The van der Waals surface area contributed by atoms with Crippen molar-refractivity contribution < 1.29 is 9.53 Å². The average Bonchev–Trinajstić information content (AvgIpc) is 2.70. The number of rotatable bonds is 7.